The second-order valence-corrected chi connectivity index (χ2v) is 7.62. The molecule has 1 amide bonds. The van der Waals surface area contributed by atoms with Crippen LogP contribution < -0.4 is 5.32 Å². The predicted molar refractivity (Wildman–Crippen MR) is 91.3 cm³/mol. The third kappa shape index (κ3) is 4.30. The van der Waals surface area contributed by atoms with Crippen LogP contribution in [0.5, 0.6) is 0 Å². The van der Waals surface area contributed by atoms with Gasteiger partial charge in [0.2, 0.25) is 5.91 Å². The van der Waals surface area contributed by atoms with Gasteiger partial charge in [-0.25, -0.2) is 4.68 Å². The summed E-state index contributed by atoms with van der Waals surface area (Å²) in [5.74, 6) is 1.42. The predicted octanol–water partition coefficient (Wildman–Crippen LogP) is 3.14. The summed E-state index contributed by atoms with van der Waals surface area (Å²) in [6.45, 7) is 8.02. The number of aryl methyl sites for hydroxylation is 1. The van der Waals surface area contributed by atoms with Gasteiger partial charge in [-0.3, -0.25) is 4.79 Å². The van der Waals surface area contributed by atoms with E-state index in [-0.39, 0.29) is 17.2 Å². The Labute approximate surface area is 138 Å². The molecule has 2 aromatic heterocycles. The van der Waals surface area contributed by atoms with Crippen LogP contribution in [0.2, 0.25) is 0 Å². The monoisotopic (exact) mass is 339 g/mol. The van der Waals surface area contributed by atoms with Crippen molar-refractivity contribution in [1.82, 2.24) is 20.0 Å². The molecule has 0 aliphatic heterocycles. The summed E-state index contributed by atoms with van der Waals surface area (Å²) in [6, 6.07) is 2.02. The molecule has 0 radical (unpaired) electrons. The molecule has 0 aromatic carbocycles. The number of aromatic nitrogens is 4. The van der Waals surface area contributed by atoms with Gasteiger partial charge in [0.05, 0.1) is 11.4 Å². The van der Waals surface area contributed by atoms with E-state index in [0.29, 0.717) is 5.75 Å². The van der Waals surface area contributed by atoms with E-state index in [1.165, 1.54) is 0 Å². The molecule has 0 saturated carbocycles. The summed E-state index contributed by atoms with van der Waals surface area (Å²) in [5, 5.41) is 17.2. The number of thioether (sulfide) groups is 1. The zero-order valence-electron chi connectivity index (χ0n) is 13.2. The molecule has 2 rings (SSSR count). The average Bonchev–Trinajstić information content (AvgIpc) is 3.13. The Kier molecular flexibility index (Phi) is 5.96. The highest BCUT2D eigenvalue weighted by Crippen LogP contribution is 2.22. The highest BCUT2D eigenvalue weighted by molar-refractivity contribution is 7.99. The van der Waals surface area contributed by atoms with Crippen LogP contribution in [0.3, 0.4) is 0 Å². The normalized spacial score (nSPS) is 12.6. The number of carbonyl (C=O) groups excluding carboxylic acids is 1. The minimum Gasteiger partial charge on any atom is -0.310 e. The Morgan fingerprint density at radius 2 is 2.09 bits per heavy atom. The van der Waals surface area contributed by atoms with Gasteiger partial charge in [-0.1, -0.05) is 6.92 Å². The molecule has 8 heteroatoms. The van der Waals surface area contributed by atoms with E-state index in [0.717, 1.165) is 22.3 Å². The van der Waals surface area contributed by atoms with Crippen LogP contribution in [-0.2, 0) is 17.0 Å². The molecule has 2 heterocycles. The van der Waals surface area contributed by atoms with Crippen LogP contribution >= 0.6 is 23.1 Å². The quantitative estimate of drug-likeness (QED) is 0.839. The van der Waals surface area contributed by atoms with Crippen molar-refractivity contribution in [2.24, 2.45) is 0 Å². The molecule has 22 heavy (non-hydrogen) atoms. The summed E-state index contributed by atoms with van der Waals surface area (Å²) in [7, 11) is 0. The van der Waals surface area contributed by atoms with Gasteiger partial charge in [0.25, 0.3) is 0 Å². The minimum atomic E-state index is -0.163. The van der Waals surface area contributed by atoms with Gasteiger partial charge in [0.15, 0.2) is 0 Å². The Morgan fingerprint density at radius 3 is 2.73 bits per heavy atom. The molecule has 1 N–H and O–H groups in total. The van der Waals surface area contributed by atoms with Gasteiger partial charge >= 0.3 is 0 Å². The Morgan fingerprint density at radius 1 is 1.36 bits per heavy atom. The molecule has 1 unspecified atom stereocenters. The second-order valence-electron chi connectivity index (χ2n) is 5.14. The molecule has 0 fully saturated rings. The van der Waals surface area contributed by atoms with Crippen molar-refractivity contribution in [3.63, 3.8) is 0 Å². The lowest BCUT2D eigenvalue weighted by atomic mass is 10.4. The first-order valence-corrected chi connectivity index (χ1v) is 9.15. The summed E-state index contributed by atoms with van der Waals surface area (Å²) in [6.07, 6.45) is 2.60. The summed E-state index contributed by atoms with van der Waals surface area (Å²) in [5.41, 5.74) is 0. The van der Waals surface area contributed by atoms with Crippen molar-refractivity contribution < 1.29 is 4.79 Å². The molecule has 0 aliphatic carbocycles. The zero-order chi connectivity index (χ0) is 16.1. The molecule has 120 valence electrons. The van der Waals surface area contributed by atoms with Crippen molar-refractivity contribution >= 4 is 34.8 Å². The molecule has 0 spiro atoms. The summed E-state index contributed by atoms with van der Waals surface area (Å²) in [4.78, 5) is 12.3. The van der Waals surface area contributed by atoms with Crippen LogP contribution in [0.1, 0.15) is 43.8 Å². The maximum absolute atomic E-state index is 12.3. The van der Waals surface area contributed by atoms with Crippen molar-refractivity contribution in [3.05, 3.63) is 22.3 Å². The smallest absolute Gasteiger partial charge is 0.238 e. The van der Waals surface area contributed by atoms with Gasteiger partial charge in [-0.15, -0.1) is 33.3 Å². The van der Waals surface area contributed by atoms with E-state index in [4.69, 9.17) is 0 Å². The molecule has 0 bridgehead atoms. The molecular weight excluding hydrogens is 318 g/mol. The molecule has 2 aromatic rings. The first kappa shape index (κ1) is 17.0. The molecule has 1 atom stereocenters. The number of rotatable bonds is 7. The topological polar surface area (TPSA) is 72.7 Å². The second kappa shape index (κ2) is 7.73. The number of nitrogens with zero attached hydrogens (tertiary/aromatic N) is 4. The molecule has 0 saturated heterocycles. The van der Waals surface area contributed by atoms with Crippen LogP contribution in [0.25, 0.3) is 0 Å². The largest absolute Gasteiger partial charge is 0.310 e. The summed E-state index contributed by atoms with van der Waals surface area (Å²) >= 11 is 3.17. The standard InChI is InChI=1S/C14H21N5OS2/c1-5-12-17-18-13(22-12)8-21-10(4)14(20)16-11-6-7-15-19(11)9(2)3/h6-7,9-10H,5,8H2,1-4H3,(H,16,20). The van der Waals surface area contributed by atoms with Crippen LogP contribution in [0.15, 0.2) is 12.3 Å². The lowest BCUT2D eigenvalue weighted by molar-refractivity contribution is -0.115. The number of carbonyl (C=O) groups is 1. The lowest BCUT2D eigenvalue weighted by Gasteiger charge is -2.14. The van der Waals surface area contributed by atoms with Gasteiger partial charge in [0.1, 0.15) is 15.8 Å². The highest BCUT2D eigenvalue weighted by atomic mass is 32.2. The van der Waals surface area contributed by atoms with E-state index < -0.39 is 0 Å². The molecule has 0 aliphatic rings. The Hall–Kier alpha value is -1.41. The first-order chi connectivity index (χ1) is 10.5. The van der Waals surface area contributed by atoms with E-state index in [1.807, 2.05) is 26.8 Å². The van der Waals surface area contributed by atoms with Gasteiger partial charge in [0, 0.05) is 17.9 Å². The van der Waals surface area contributed by atoms with E-state index >= 15 is 0 Å². The zero-order valence-corrected chi connectivity index (χ0v) is 14.9. The van der Waals surface area contributed by atoms with Crippen LogP contribution in [0.4, 0.5) is 5.82 Å². The van der Waals surface area contributed by atoms with Crippen molar-refractivity contribution in [2.75, 3.05) is 5.32 Å². The van der Waals surface area contributed by atoms with Crippen LogP contribution in [-0.4, -0.2) is 31.1 Å². The number of hydrogen-bond acceptors (Lipinski definition) is 6. The Balaban J connectivity index is 1.87. The lowest BCUT2D eigenvalue weighted by Crippen LogP contribution is -2.24. The van der Waals surface area contributed by atoms with E-state index in [1.54, 1.807) is 34.0 Å². The SMILES string of the molecule is CCc1nnc(CSC(C)C(=O)Nc2ccnn2C(C)C)s1. The fourth-order valence-electron chi connectivity index (χ4n) is 1.81. The van der Waals surface area contributed by atoms with Crippen molar-refractivity contribution in [1.29, 1.82) is 0 Å². The van der Waals surface area contributed by atoms with Crippen LogP contribution in [0, 0.1) is 0 Å². The summed E-state index contributed by atoms with van der Waals surface area (Å²) < 4.78 is 1.80. The van der Waals surface area contributed by atoms with Gasteiger partial charge in [-0.05, 0) is 27.2 Å². The number of anilines is 1. The Bertz CT molecular complexity index is 622. The molecule has 6 nitrogen and oxygen atoms in total. The molecular formula is C14H21N5OS2. The maximum Gasteiger partial charge on any atom is 0.238 e. The van der Waals surface area contributed by atoms with E-state index in [9.17, 15) is 4.79 Å². The fraction of sp³-hybridized carbons (Fsp3) is 0.571. The maximum atomic E-state index is 12.3. The number of amides is 1. The number of nitrogens with one attached hydrogen (secondary N) is 1. The van der Waals surface area contributed by atoms with Gasteiger partial charge < -0.3 is 5.32 Å². The third-order valence-electron chi connectivity index (χ3n) is 3.05. The first-order valence-electron chi connectivity index (χ1n) is 7.28. The third-order valence-corrected chi connectivity index (χ3v) is 5.45. The number of hydrogen-bond donors (Lipinski definition) is 1. The highest BCUT2D eigenvalue weighted by Gasteiger charge is 2.17. The van der Waals surface area contributed by atoms with Crippen molar-refractivity contribution in [3.8, 4) is 0 Å². The average molecular weight is 339 g/mol. The minimum absolute atomic E-state index is 0.0207. The fourth-order valence-corrected chi connectivity index (χ4v) is 3.49. The van der Waals surface area contributed by atoms with E-state index in [2.05, 4.69) is 27.5 Å². The van der Waals surface area contributed by atoms with Gasteiger partial charge in [-0.2, -0.15) is 5.10 Å². The van der Waals surface area contributed by atoms with Crippen molar-refractivity contribution in [2.45, 2.75) is 51.2 Å².